The van der Waals surface area contributed by atoms with Crippen molar-refractivity contribution in [2.75, 3.05) is 0 Å². The molecule has 0 bridgehead atoms. The summed E-state index contributed by atoms with van der Waals surface area (Å²) >= 11 is 5.63. The van der Waals surface area contributed by atoms with E-state index in [0.717, 1.165) is 5.56 Å². The lowest BCUT2D eigenvalue weighted by molar-refractivity contribution is -0.133. The van der Waals surface area contributed by atoms with E-state index in [2.05, 4.69) is 0 Å². The zero-order valence-electron chi connectivity index (χ0n) is 9.72. The Balaban J connectivity index is 2.64. The van der Waals surface area contributed by atoms with Gasteiger partial charge in [0.1, 0.15) is 4.88 Å². The molecule has 19 heavy (non-hydrogen) atoms. The number of rotatable bonds is 2. The Morgan fingerprint density at radius 1 is 1.26 bits per heavy atom. The molecule has 0 saturated carbocycles. The number of carbonyl (C=O) groups is 1. The third kappa shape index (κ3) is 2.98. The summed E-state index contributed by atoms with van der Waals surface area (Å²) in [4.78, 5) is 10.1. The fraction of sp³-hybridized carbons (Fsp3) is 0.154. The highest BCUT2D eigenvalue weighted by atomic mass is 35.5. The van der Waals surface area contributed by atoms with Crippen LogP contribution in [0.3, 0.4) is 0 Å². The third-order valence-corrected chi connectivity index (χ3v) is 4.01. The topological polar surface area (TPSA) is 17.1 Å². The van der Waals surface area contributed by atoms with Gasteiger partial charge in [0.15, 0.2) is 0 Å². The predicted octanol–water partition coefficient (Wildman–Crippen LogP) is 5.12. The highest BCUT2D eigenvalue weighted by molar-refractivity contribution is 7.16. The zero-order valence-corrected chi connectivity index (χ0v) is 11.3. The monoisotopic (exact) mass is 304 g/mol. The van der Waals surface area contributed by atoms with Gasteiger partial charge in [-0.05, 0) is 30.2 Å². The van der Waals surface area contributed by atoms with Crippen molar-refractivity contribution in [3.63, 3.8) is 0 Å². The van der Waals surface area contributed by atoms with Crippen LogP contribution in [0.25, 0.3) is 11.1 Å². The molecule has 1 nitrogen and oxygen atoms in total. The van der Waals surface area contributed by atoms with Crippen molar-refractivity contribution in [3.8, 4) is 11.1 Å². The van der Waals surface area contributed by atoms with Crippen molar-refractivity contribution in [2.45, 2.75) is 13.1 Å². The van der Waals surface area contributed by atoms with Gasteiger partial charge in [0.05, 0.1) is 4.88 Å². The van der Waals surface area contributed by atoms with Crippen LogP contribution in [0.1, 0.15) is 20.1 Å². The molecule has 0 saturated heterocycles. The van der Waals surface area contributed by atoms with Gasteiger partial charge in [0.2, 0.25) is 0 Å². The Labute approximate surface area is 116 Å². The molecule has 0 N–H and O–H groups in total. The van der Waals surface area contributed by atoms with Gasteiger partial charge in [-0.25, -0.2) is 0 Å². The Hall–Kier alpha value is -1.33. The summed E-state index contributed by atoms with van der Waals surface area (Å²) < 4.78 is 38.9. The second-order valence-corrected chi connectivity index (χ2v) is 5.39. The molecule has 2 aromatic rings. The van der Waals surface area contributed by atoms with Crippen molar-refractivity contribution in [1.29, 1.82) is 0 Å². The van der Waals surface area contributed by atoms with E-state index in [1.165, 1.54) is 6.07 Å². The van der Waals surface area contributed by atoms with Gasteiger partial charge in [-0.3, -0.25) is 4.79 Å². The van der Waals surface area contributed by atoms with Crippen LogP contribution in [0.2, 0.25) is 0 Å². The lowest BCUT2D eigenvalue weighted by atomic mass is 10.0. The standard InChI is InChI=1S/C13H8ClF3OS/c1-7-3-2-4-8(5-7)9-6-10(12(14)18)19-11(9)13(15,16)17/h2-6H,1H3. The molecule has 0 amide bonds. The summed E-state index contributed by atoms with van der Waals surface area (Å²) in [5, 5.41) is -0.880. The molecule has 2 rings (SSSR count). The molecule has 1 heterocycles. The summed E-state index contributed by atoms with van der Waals surface area (Å²) in [6, 6.07) is 7.87. The van der Waals surface area contributed by atoms with Crippen LogP contribution in [0.4, 0.5) is 13.2 Å². The lowest BCUT2D eigenvalue weighted by Gasteiger charge is -2.08. The molecule has 0 fully saturated rings. The van der Waals surface area contributed by atoms with Gasteiger partial charge >= 0.3 is 6.18 Å². The summed E-state index contributed by atoms with van der Waals surface area (Å²) in [5.74, 6) is 0. The van der Waals surface area contributed by atoms with Crippen LogP contribution in [0.15, 0.2) is 30.3 Å². The SMILES string of the molecule is Cc1cccc(-c2cc(C(=O)Cl)sc2C(F)(F)F)c1. The van der Waals surface area contributed by atoms with E-state index in [1.807, 2.05) is 0 Å². The molecule has 0 spiro atoms. The highest BCUT2D eigenvalue weighted by Crippen LogP contribution is 2.43. The number of hydrogen-bond donors (Lipinski definition) is 0. The number of carbonyl (C=O) groups excluding carboxylic acids is 1. The molecule has 0 atom stereocenters. The van der Waals surface area contributed by atoms with E-state index in [9.17, 15) is 18.0 Å². The lowest BCUT2D eigenvalue weighted by Crippen LogP contribution is -2.03. The molecule has 0 aliphatic rings. The molecule has 0 radical (unpaired) electrons. The van der Waals surface area contributed by atoms with E-state index in [4.69, 9.17) is 11.6 Å². The number of hydrogen-bond acceptors (Lipinski definition) is 2. The maximum atomic E-state index is 13.0. The second-order valence-electron chi connectivity index (χ2n) is 3.99. The minimum absolute atomic E-state index is 0.00907. The zero-order chi connectivity index (χ0) is 14.2. The van der Waals surface area contributed by atoms with Gasteiger partial charge in [0, 0.05) is 5.56 Å². The first kappa shape index (κ1) is 14.1. The van der Waals surface area contributed by atoms with Crippen LogP contribution >= 0.6 is 22.9 Å². The largest absolute Gasteiger partial charge is 0.426 e. The number of thiophene rings is 1. The summed E-state index contributed by atoms with van der Waals surface area (Å²) in [6.45, 7) is 1.79. The highest BCUT2D eigenvalue weighted by Gasteiger charge is 2.37. The van der Waals surface area contributed by atoms with E-state index in [0.29, 0.717) is 16.9 Å². The molecule has 6 heteroatoms. The smallest absolute Gasteiger partial charge is 0.275 e. The van der Waals surface area contributed by atoms with Crippen molar-refractivity contribution >= 4 is 28.2 Å². The maximum Gasteiger partial charge on any atom is 0.426 e. The first-order valence-electron chi connectivity index (χ1n) is 5.27. The molecule has 0 unspecified atom stereocenters. The van der Waals surface area contributed by atoms with Crippen molar-refractivity contribution < 1.29 is 18.0 Å². The van der Waals surface area contributed by atoms with E-state index >= 15 is 0 Å². The Kier molecular flexibility index (Phi) is 3.69. The van der Waals surface area contributed by atoms with Crippen molar-refractivity contribution in [1.82, 2.24) is 0 Å². The third-order valence-electron chi connectivity index (χ3n) is 2.51. The van der Waals surface area contributed by atoms with Crippen LogP contribution < -0.4 is 0 Å². The van der Waals surface area contributed by atoms with E-state index in [-0.39, 0.29) is 10.4 Å². The van der Waals surface area contributed by atoms with Crippen molar-refractivity contribution in [3.05, 3.63) is 45.6 Å². The molecule has 1 aromatic carbocycles. The average Bonchev–Trinajstić information content (AvgIpc) is 2.73. The van der Waals surface area contributed by atoms with Crippen LogP contribution in [-0.2, 0) is 6.18 Å². The Morgan fingerprint density at radius 3 is 2.47 bits per heavy atom. The fourth-order valence-corrected chi connectivity index (χ4v) is 2.78. The Morgan fingerprint density at radius 2 is 1.95 bits per heavy atom. The van der Waals surface area contributed by atoms with Crippen LogP contribution in [0, 0.1) is 6.92 Å². The number of aryl methyl sites for hydroxylation is 1. The Bertz CT molecular complexity index is 631. The molecular weight excluding hydrogens is 297 g/mol. The molecule has 0 aliphatic carbocycles. The van der Waals surface area contributed by atoms with Crippen LogP contribution in [-0.4, -0.2) is 5.24 Å². The first-order valence-corrected chi connectivity index (χ1v) is 6.46. The number of benzene rings is 1. The summed E-state index contributed by atoms with van der Waals surface area (Å²) in [5.41, 5.74) is 1.26. The van der Waals surface area contributed by atoms with Crippen molar-refractivity contribution in [2.24, 2.45) is 0 Å². The normalized spacial score (nSPS) is 11.6. The van der Waals surface area contributed by atoms with Gasteiger partial charge in [-0.1, -0.05) is 29.8 Å². The average molecular weight is 305 g/mol. The summed E-state index contributed by atoms with van der Waals surface area (Å²) in [6.07, 6.45) is -4.51. The molecular formula is C13H8ClF3OS. The molecule has 100 valence electrons. The van der Waals surface area contributed by atoms with E-state index < -0.39 is 16.3 Å². The quantitative estimate of drug-likeness (QED) is 0.704. The number of alkyl halides is 3. The second kappa shape index (κ2) is 4.98. The van der Waals surface area contributed by atoms with Gasteiger partial charge < -0.3 is 0 Å². The fourth-order valence-electron chi connectivity index (χ4n) is 1.73. The molecule has 0 aliphatic heterocycles. The predicted molar refractivity (Wildman–Crippen MR) is 69.7 cm³/mol. The van der Waals surface area contributed by atoms with Gasteiger partial charge in [-0.2, -0.15) is 13.2 Å². The van der Waals surface area contributed by atoms with E-state index in [1.54, 1.807) is 31.2 Å². The molecule has 1 aromatic heterocycles. The minimum Gasteiger partial charge on any atom is -0.275 e. The summed E-state index contributed by atoms with van der Waals surface area (Å²) in [7, 11) is 0. The minimum atomic E-state index is -4.51. The maximum absolute atomic E-state index is 13.0. The first-order chi connectivity index (χ1) is 8.79. The number of halogens is 4. The van der Waals surface area contributed by atoms with Crippen LogP contribution in [0.5, 0.6) is 0 Å². The van der Waals surface area contributed by atoms with Gasteiger partial charge in [-0.15, -0.1) is 11.3 Å². The van der Waals surface area contributed by atoms with Gasteiger partial charge in [0.25, 0.3) is 5.24 Å².